The van der Waals surface area contributed by atoms with Gasteiger partial charge in [-0.3, -0.25) is 4.72 Å². The highest BCUT2D eigenvalue weighted by atomic mass is 32.2. The van der Waals surface area contributed by atoms with Gasteiger partial charge in [0.05, 0.1) is 0 Å². The molecule has 4 heteroatoms. The van der Waals surface area contributed by atoms with Crippen LogP contribution in [0.2, 0.25) is 0 Å². The molecule has 0 atom stereocenters. The van der Waals surface area contributed by atoms with Crippen LogP contribution in [0.4, 0.5) is 4.79 Å². The maximum Gasteiger partial charge on any atom is 0.417 e. The van der Waals surface area contributed by atoms with E-state index < -0.39 is 6.09 Å². The number of hydrogen-bond donors (Lipinski definition) is 1. The van der Waals surface area contributed by atoms with Gasteiger partial charge in [-0.2, -0.15) is 0 Å². The molecule has 2 aromatic rings. The molecule has 0 spiro atoms. The fourth-order valence-electron chi connectivity index (χ4n) is 1.46. The minimum absolute atomic E-state index is 0.279. The summed E-state index contributed by atoms with van der Waals surface area (Å²) in [7, 11) is 0. The van der Waals surface area contributed by atoms with Crippen LogP contribution in [0.25, 0.3) is 0 Å². The summed E-state index contributed by atoms with van der Waals surface area (Å²) in [6.45, 7) is 2.30. The highest BCUT2D eigenvalue weighted by Crippen LogP contribution is 2.15. The summed E-state index contributed by atoms with van der Waals surface area (Å²) in [6.07, 6.45) is -0.436. The van der Waals surface area contributed by atoms with Crippen LogP contribution in [0.5, 0.6) is 0 Å². The molecule has 0 aromatic heterocycles. The lowest BCUT2D eigenvalue weighted by Gasteiger charge is -2.06. The van der Waals surface area contributed by atoms with Gasteiger partial charge in [0, 0.05) is 4.90 Å². The third-order valence-electron chi connectivity index (χ3n) is 2.49. The second-order valence-electron chi connectivity index (χ2n) is 4.08. The average molecular weight is 273 g/mol. The molecule has 0 heterocycles. The number of carbonyl (C=O) groups is 1. The first-order valence-electron chi connectivity index (χ1n) is 5.94. The normalized spacial score (nSPS) is 9.95. The van der Waals surface area contributed by atoms with Gasteiger partial charge in [0.1, 0.15) is 6.61 Å². The Morgan fingerprint density at radius 3 is 2.47 bits per heavy atom. The van der Waals surface area contributed by atoms with E-state index in [1.165, 1.54) is 17.5 Å². The van der Waals surface area contributed by atoms with E-state index in [1.807, 2.05) is 61.5 Å². The molecule has 0 aliphatic carbocycles. The van der Waals surface area contributed by atoms with Crippen LogP contribution < -0.4 is 4.72 Å². The van der Waals surface area contributed by atoms with Crippen molar-refractivity contribution in [3.05, 3.63) is 65.7 Å². The van der Waals surface area contributed by atoms with Crippen LogP contribution in [0.3, 0.4) is 0 Å². The monoisotopic (exact) mass is 273 g/mol. The van der Waals surface area contributed by atoms with Gasteiger partial charge < -0.3 is 4.74 Å². The Bertz CT molecular complexity index is 526. The van der Waals surface area contributed by atoms with E-state index in [0.717, 1.165) is 10.5 Å². The average Bonchev–Trinajstić information content (AvgIpc) is 2.45. The van der Waals surface area contributed by atoms with E-state index in [4.69, 9.17) is 4.74 Å². The summed E-state index contributed by atoms with van der Waals surface area (Å²) in [5, 5.41) is 0. The van der Waals surface area contributed by atoms with Crippen LogP contribution in [0.1, 0.15) is 11.1 Å². The number of benzene rings is 2. The molecule has 0 fully saturated rings. The lowest BCUT2D eigenvalue weighted by molar-refractivity contribution is 0.147. The summed E-state index contributed by atoms with van der Waals surface area (Å²) in [5.74, 6) is 0. The summed E-state index contributed by atoms with van der Waals surface area (Å²) >= 11 is 1.25. The molecule has 1 amide bonds. The van der Waals surface area contributed by atoms with Crippen LogP contribution in [-0.2, 0) is 11.3 Å². The van der Waals surface area contributed by atoms with E-state index in [1.54, 1.807) is 0 Å². The third-order valence-corrected chi connectivity index (χ3v) is 3.26. The fourth-order valence-corrected chi connectivity index (χ4v) is 1.99. The molecule has 0 radical (unpaired) electrons. The zero-order valence-corrected chi connectivity index (χ0v) is 11.4. The Kier molecular flexibility index (Phi) is 4.86. The number of ether oxygens (including phenoxy) is 1. The fraction of sp³-hybridized carbons (Fsp3) is 0.133. The molecule has 0 aliphatic heterocycles. The number of nitrogens with one attached hydrogen (secondary N) is 1. The summed E-state index contributed by atoms with van der Waals surface area (Å²) in [4.78, 5) is 12.5. The zero-order chi connectivity index (χ0) is 13.5. The van der Waals surface area contributed by atoms with Crippen LogP contribution in [0.15, 0.2) is 59.5 Å². The maximum atomic E-state index is 11.5. The Balaban J connectivity index is 1.74. The van der Waals surface area contributed by atoms with E-state index >= 15 is 0 Å². The first kappa shape index (κ1) is 13.5. The van der Waals surface area contributed by atoms with Crippen molar-refractivity contribution in [1.29, 1.82) is 0 Å². The maximum absolute atomic E-state index is 11.5. The van der Waals surface area contributed by atoms with E-state index in [9.17, 15) is 4.79 Å². The highest BCUT2D eigenvalue weighted by molar-refractivity contribution is 7.98. The molecule has 0 bridgehead atoms. The topological polar surface area (TPSA) is 38.3 Å². The van der Waals surface area contributed by atoms with Crippen molar-refractivity contribution < 1.29 is 9.53 Å². The number of aryl methyl sites for hydroxylation is 1. The van der Waals surface area contributed by atoms with Crippen molar-refractivity contribution in [1.82, 2.24) is 4.72 Å². The van der Waals surface area contributed by atoms with Crippen LogP contribution >= 0.6 is 11.9 Å². The van der Waals surface area contributed by atoms with Gasteiger partial charge in [0.2, 0.25) is 0 Å². The van der Waals surface area contributed by atoms with Gasteiger partial charge >= 0.3 is 6.09 Å². The molecular weight excluding hydrogens is 258 g/mol. The molecule has 1 N–H and O–H groups in total. The third kappa shape index (κ3) is 4.67. The second kappa shape index (κ2) is 6.85. The summed E-state index contributed by atoms with van der Waals surface area (Å²) < 4.78 is 7.75. The predicted molar refractivity (Wildman–Crippen MR) is 76.8 cm³/mol. The molecule has 19 heavy (non-hydrogen) atoms. The van der Waals surface area contributed by atoms with Gasteiger partial charge in [-0.1, -0.05) is 48.0 Å². The molecule has 3 nitrogen and oxygen atoms in total. The van der Waals surface area contributed by atoms with Gasteiger partial charge in [-0.25, -0.2) is 4.79 Å². The smallest absolute Gasteiger partial charge is 0.417 e. The van der Waals surface area contributed by atoms with Gasteiger partial charge in [-0.15, -0.1) is 0 Å². The lowest BCUT2D eigenvalue weighted by atomic mass is 10.2. The Morgan fingerprint density at radius 2 is 1.79 bits per heavy atom. The van der Waals surface area contributed by atoms with Crippen molar-refractivity contribution in [3.8, 4) is 0 Å². The molecule has 0 saturated heterocycles. The zero-order valence-electron chi connectivity index (χ0n) is 10.6. The van der Waals surface area contributed by atoms with Gasteiger partial charge in [-0.05, 0) is 36.6 Å². The molecule has 98 valence electrons. The number of amides is 1. The Labute approximate surface area is 117 Å². The van der Waals surface area contributed by atoms with Crippen LogP contribution in [0, 0.1) is 6.92 Å². The van der Waals surface area contributed by atoms with Crippen molar-refractivity contribution >= 4 is 18.0 Å². The SMILES string of the molecule is Cc1ccc(SNC(=O)OCc2ccccc2)cc1. The van der Waals surface area contributed by atoms with E-state index in [2.05, 4.69) is 4.72 Å². The van der Waals surface area contributed by atoms with Crippen LogP contribution in [-0.4, -0.2) is 6.09 Å². The van der Waals surface area contributed by atoms with Gasteiger partial charge in [0.25, 0.3) is 0 Å². The minimum atomic E-state index is -0.436. The Morgan fingerprint density at radius 1 is 1.11 bits per heavy atom. The van der Waals surface area contributed by atoms with Crippen molar-refractivity contribution in [3.63, 3.8) is 0 Å². The molecule has 2 aromatic carbocycles. The first-order valence-corrected chi connectivity index (χ1v) is 6.76. The van der Waals surface area contributed by atoms with Gasteiger partial charge in [0.15, 0.2) is 0 Å². The molecule has 0 aliphatic rings. The molecule has 2 rings (SSSR count). The number of rotatable bonds is 4. The lowest BCUT2D eigenvalue weighted by Crippen LogP contribution is -2.16. The van der Waals surface area contributed by atoms with Crippen molar-refractivity contribution in [2.24, 2.45) is 0 Å². The van der Waals surface area contributed by atoms with Crippen molar-refractivity contribution in [2.45, 2.75) is 18.4 Å². The number of hydrogen-bond acceptors (Lipinski definition) is 3. The second-order valence-corrected chi connectivity index (χ2v) is 4.96. The molecule has 0 saturated carbocycles. The summed E-state index contributed by atoms with van der Waals surface area (Å²) in [6, 6.07) is 17.5. The Hall–Kier alpha value is -1.94. The highest BCUT2D eigenvalue weighted by Gasteiger charge is 2.03. The largest absolute Gasteiger partial charge is 0.444 e. The first-order chi connectivity index (χ1) is 9.24. The standard InChI is InChI=1S/C15H15NO2S/c1-12-7-9-14(10-8-12)19-16-15(17)18-11-13-5-3-2-4-6-13/h2-10H,11H2,1H3,(H,16,17). The van der Waals surface area contributed by atoms with E-state index in [0.29, 0.717) is 0 Å². The minimum Gasteiger partial charge on any atom is -0.444 e. The summed E-state index contributed by atoms with van der Waals surface area (Å²) in [5.41, 5.74) is 2.16. The predicted octanol–water partition coefficient (Wildman–Crippen LogP) is 3.93. The van der Waals surface area contributed by atoms with Crippen molar-refractivity contribution in [2.75, 3.05) is 0 Å². The molecule has 0 unspecified atom stereocenters. The number of carbonyl (C=O) groups excluding carboxylic acids is 1. The quantitative estimate of drug-likeness (QED) is 0.858. The van der Waals surface area contributed by atoms with E-state index in [-0.39, 0.29) is 6.61 Å². The molecular formula is C15H15NO2S.